The maximum atomic E-state index is 13.8. The van der Waals surface area contributed by atoms with Crippen molar-refractivity contribution in [1.82, 2.24) is 31.9 Å². The fourth-order valence-electron chi connectivity index (χ4n) is 5.70. The van der Waals surface area contributed by atoms with Crippen molar-refractivity contribution >= 4 is 47.4 Å². The van der Waals surface area contributed by atoms with Gasteiger partial charge in [0, 0.05) is 24.4 Å². The van der Waals surface area contributed by atoms with Crippen LogP contribution in [0.15, 0.2) is 10.1 Å². The summed E-state index contributed by atoms with van der Waals surface area (Å²) in [5.74, 6) is -5.86. The number of carboxylic acid groups (broad SMARTS) is 1. The number of aliphatic hydroxyl groups excluding tert-OH is 1. The minimum Gasteiger partial charge on any atom is -0.480 e. The molecular formula is C37H68N12O9. The Kier molecular flexibility index (Phi) is 25.7. The highest BCUT2D eigenvalue weighted by Crippen LogP contribution is 2.12. The molecule has 0 aromatic rings. The van der Waals surface area contributed by atoms with E-state index in [-0.39, 0.29) is 74.7 Å². The van der Waals surface area contributed by atoms with Gasteiger partial charge in [-0.3, -0.25) is 33.8 Å². The highest BCUT2D eigenvalue weighted by Gasteiger charge is 2.34. The minimum atomic E-state index is -1.63. The normalized spacial score (nSPS) is 14.7. The molecule has 0 aliphatic carbocycles. The van der Waals surface area contributed by atoms with Crippen molar-refractivity contribution in [3.8, 4) is 0 Å². The number of nitrogens with one attached hydrogen (secondary N) is 6. The number of unbranched alkanes of at least 4 members (excludes halogenated alkanes) is 2. The summed E-state index contributed by atoms with van der Waals surface area (Å²) in [6, 6.07) is -7.36. The van der Waals surface area contributed by atoms with Gasteiger partial charge in [0.15, 0.2) is 12.0 Å². The second kappa shape index (κ2) is 28.3. The Hall–Kier alpha value is -5.17. The number of hydrogen-bond donors (Lipinski definition) is 10. The van der Waals surface area contributed by atoms with E-state index in [9.17, 15) is 43.8 Å². The topological polar surface area (TPSA) is 345 Å². The number of carbonyl (C=O) groups excluding carboxylic acids is 6. The van der Waals surface area contributed by atoms with E-state index in [1.165, 1.54) is 13.8 Å². The number of hydrogen-bond acceptors (Lipinski definition) is 10. The SMILES string of the molecule is CC(C)C[C@H](NC(=O)CCCCCN=[N+]=[N-])C(=O)N[C@@H](C)C(=O)N[C@@H](CCCN=C(N)N)C(=O)N[C@@H](CC(C)C)C(=O)N[C@@H](CC(C)C)C(=O)N[C@H](C(=O)O)[C@@H](C)O. The molecule has 12 N–H and O–H groups in total. The van der Waals surface area contributed by atoms with Gasteiger partial charge in [-0.2, -0.15) is 0 Å². The number of aliphatic imine (C=N–C) groups is 1. The molecule has 0 spiro atoms. The summed E-state index contributed by atoms with van der Waals surface area (Å²) >= 11 is 0. The van der Waals surface area contributed by atoms with Gasteiger partial charge in [-0.1, -0.05) is 53.1 Å². The molecule has 0 bridgehead atoms. The molecule has 0 aromatic heterocycles. The van der Waals surface area contributed by atoms with Gasteiger partial charge >= 0.3 is 5.97 Å². The molecule has 0 saturated carbocycles. The van der Waals surface area contributed by atoms with Gasteiger partial charge in [-0.05, 0) is 82.1 Å². The molecule has 0 saturated heterocycles. The summed E-state index contributed by atoms with van der Waals surface area (Å²) in [6.45, 7) is 14.0. The van der Waals surface area contributed by atoms with Crippen LogP contribution in [0.4, 0.5) is 0 Å². The van der Waals surface area contributed by atoms with Crippen LogP contribution in [0.25, 0.3) is 10.4 Å². The molecule has 0 unspecified atom stereocenters. The standard InChI is InChI=1S/C37H68N12O9/c1-20(2)17-26(44-29(51)14-10-9-11-16-42-49-40)33(54)43-23(7)31(52)45-25(13-12-15-41-37(38)39)32(53)46-27(18-21(3)4)34(55)47-28(19-22(5)6)35(56)48-30(24(8)50)36(57)58/h20-28,30,50H,9-19H2,1-8H3,(H,43,54)(H,44,51)(H,45,52)(H,46,53)(H,47,55)(H,48,56)(H,57,58)(H4,38,39,41)/t23-,24+,25-,26-,27-,28-,30-/m0/s1. The lowest BCUT2D eigenvalue weighted by Crippen LogP contribution is -2.60. The van der Waals surface area contributed by atoms with Gasteiger partial charge in [0.2, 0.25) is 35.4 Å². The summed E-state index contributed by atoms with van der Waals surface area (Å²) in [5, 5.41) is 38.3. The molecule has 330 valence electrons. The molecule has 0 heterocycles. The number of amides is 6. The average molecular weight is 825 g/mol. The van der Waals surface area contributed by atoms with Gasteiger partial charge in [-0.15, -0.1) is 0 Å². The van der Waals surface area contributed by atoms with E-state index in [0.29, 0.717) is 25.8 Å². The van der Waals surface area contributed by atoms with Crippen LogP contribution in [0.1, 0.15) is 113 Å². The third-order valence-corrected chi connectivity index (χ3v) is 8.64. The summed E-state index contributed by atoms with van der Waals surface area (Å²) in [6.07, 6.45) is 1.32. The zero-order valence-corrected chi connectivity index (χ0v) is 35.2. The number of rotatable bonds is 29. The molecule has 0 aliphatic rings. The van der Waals surface area contributed by atoms with E-state index in [1.54, 1.807) is 13.8 Å². The van der Waals surface area contributed by atoms with Crippen molar-refractivity contribution in [3.05, 3.63) is 10.4 Å². The number of nitrogens with zero attached hydrogens (tertiary/aromatic N) is 4. The van der Waals surface area contributed by atoms with Crippen molar-refractivity contribution < 1.29 is 43.8 Å². The van der Waals surface area contributed by atoms with Crippen LogP contribution in [0.2, 0.25) is 0 Å². The lowest BCUT2D eigenvalue weighted by molar-refractivity contribution is -0.145. The molecule has 21 heteroatoms. The third kappa shape index (κ3) is 23.2. The van der Waals surface area contributed by atoms with Crippen LogP contribution in [-0.4, -0.2) is 113 Å². The lowest BCUT2D eigenvalue weighted by atomic mass is 9.99. The Morgan fingerprint density at radius 1 is 0.603 bits per heavy atom. The zero-order chi connectivity index (χ0) is 44.5. The Bertz CT molecular complexity index is 1430. The van der Waals surface area contributed by atoms with E-state index < -0.39 is 77.9 Å². The Morgan fingerprint density at radius 2 is 1.07 bits per heavy atom. The van der Waals surface area contributed by atoms with Gasteiger partial charge in [0.05, 0.1) is 6.10 Å². The third-order valence-electron chi connectivity index (χ3n) is 8.64. The maximum Gasteiger partial charge on any atom is 0.328 e. The number of nitrogens with two attached hydrogens (primary N) is 2. The van der Waals surface area contributed by atoms with E-state index in [2.05, 4.69) is 46.9 Å². The molecule has 0 aliphatic heterocycles. The van der Waals surface area contributed by atoms with Crippen molar-refractivity contribution in [3.63, 3.8) is 0 Å². The highest BCUT2D eigenvalue weighted by molar-refractivity contribution is 5.96. The summed E-state index contributed by atoms with van der Waals surface area (Å²) in [5.41, 5.74) is 19.3. The van der Waals surface area contributed by atoms with Crippen molar-refractivity contribution in [2.45, 2.75) is 156 Å². The second-order valence-electron chi connectivity index (χ2n) is 15.7. The van der Waals surface area contributed by atoms with E-state index in [1.807, 2.05) is 27.7 Å². The van der Waals surface area contributed by atoms with Crippen molar-refractivity contribution in [1.29, 1.82) is 0 Å². The van der Waals surface area contributed by atoms with Crippen LogP contribution < -0.4 is 43.4 Å². The van der Waals surface area contributed by atoms with Gasteiger partial charge in [-0.25, -0.2) is 4.79 Å². The largest absolute Gasteiger partial charge is 0.480 e. The fraction of sp³-hybridized carbons (Fsp3) is 0.784. The minimum absolute atomic E-state index is 0.0132. The van der Waals surface area contributed by atoms with Crippen LogP contribution >= 0.6 is 0 Å². The molecule has 0 rings (SSSR count). The first-order valence-electron chi connectivity index (χ1n) is 19.9. The maximum absolute atomic E-state index is 13.8. The zero-order valence-electron chi connectivity index (χ0n) is 35.2. The molecule has 6 amide bonds. The molecule has 21 nitrogen and oxygen atoms in total. The van der Waals surface area contributed by atoms with E-state index in [0.717, 1.165) is 0 Å². The van der Waals surface area contributed by atoms with E-state index in [4.69, 9.17) is 17.0 Å². The predicted molar refractivity (Wildman–Crippen MR) is 217 cm³/mol. The molecular weight excluding hydrogens is 756 g/mol. The number of aliphatic carboxylic acids is 1. The predicted octanol–water partition coefficient (Wildman–Crippen LogP) is 0.443. The van der Waals surface area contributed by atoms with Gasteiger partial charge in [0.1, 0.15) is 30.2 Å². The fourth-order valence-corrected chi connectivity index (χ4v) is 5.70. The van der Waals surface area contributed by atoms with Gasteiger partial charge in [0.25, 0.3) is 0 Å². The van der Waals surface area contributed by atoms with Gasteiger partial charge < -0.3 is 53.6 Å². The lowest BCUT2D eigenvalue weighted by Gasteiger charge is -2.28. The van der Waals surface area contributed by atoms with E-state index >= 15 is 0 Å². The van der Waals surface area contributed by atoms with Crippen LogP contribution in [0, 0.1) is 17.8 Å². The Balaban J connectivity index is 6.09. The second-order valence-corrected chi connectivity index (χ2v) is 15.7. The molecule has 58 heavy (non-hydrogen) atoms. The first-order chi connectivity index (χ1) is 27.1. The highest BCUT2D eigenvalue weighted by atomic mass is 16.4. The monoisotopic (exact) mass is 825 g/mol. The number of carbonyl (C=O) groups is 7. The number of aliphatic hydroxyl groups is 1. The number of guanidine groups is 1. The number of carboxylic acids is 1. The first kappa shape index (κ1) is 52.8. The quantitative estimate of drug-likeness (QED) is 0.0123. The summed E-state index contributed by atoms with van der Waals surface area (Å²) < 4.78 is 0. The summed E-state index contributed by atoms with van der Waals surface area (Å²) in [7, 11) is 0. The Labute approximate surface area is 341 Å². The summed E-state index contributed by atoms with van der Waals surface area (Å²) in [4.78, 5) is 98.4. The molecule has 0 aromatic carbocycles. The first-order valence-corrected chi connectivity index (χ1v) is 19.9. The molecule has 0 fully saturated rings. The smallest absolute Gasteiger partial charge is 0.328 e. The average Bonchev–Trinajstić information content (AvgIpc) is 3.10. The van der Waals surface area contributed by atoms with Crippen LogP contribution in [0.3, 0.4) is 0 Å². The van der Waals surface area contributed by atoms with Crippen LogP contribution in [-0.2, 0) is 33.6 Å². The molecule has 7 atom stereocenters. The van der Waals surface area contributed by atoms with Crippen LogP contribution in [0.5, 0.6) is 0 Å². The number of azide groups is 1. The Morgan fingerprint density at radius 3 is 1.53 bits per heavy atom. The van der Waals surface area contributed by atoms with Crippen molar-refractivity contribution in [2.24, 2.45) is 39.3 Å². The molecule has 0 radical (unpaired) electrons. The van der Waals surface area contributed by atoms with Crippen molar-refractivity contribution in [2.75, 3.05) is 13.1 Å².